The molecule has 1 heterocycles. The number of anilines is 1. The number of halogens is 1. The van der Waals surface area contributed by atoms with Gasteiger partial charge < -0.3 is 10.6 Å². The van der Waals surface area contributed by atoms with Crippen LogP contribution in [0.3, 0.4) is 0 Å². The normalized spacial score (nSPS) is 19.9. The molecule has 0 aromatic heterocycles. The zero-order valence-electron chi connectivity index (χ0n) is 9.83. The summed E-state index contributed by atoms with van der Waals surface area (Å²) >= 11 is 0. The van der Waals surface area contributed by atoms with Gasteiger partial charge in [-0.1, -0.05) is 19.1 Å². The van der Waals surface area contributed by atoms with Crippen LogP contribution in [-0.4, -0.2) is 19.1 Å². The third kappa shape index (κ3) is 3.69. The minimum Gasteiger partial charge on any atom is -0.381 e. The third-order valence-corrected chi connectivity index (χ3v) is 3.00. The third-order valence-electron chi connectivity index (χ3n) is 3.00. The standard InChI is InChI=1S/C13H20N2.ClH/c1-2-11-5-3-6-12(9-11)15-13-7-4-8-14-10-13;/h3,5-6,9,13-15H,2,4,7-8,10H2,1H3;1H. The lowest BCUT2D eigenvalue weighted by Crippen LogP contribution is -2.38. The zero-order chi connectivity index (χ0) is 10.5. The first kappa shape index (κ1) is 13.3. The molecule has 3 heteroatoms. The summed E-state index contributed by atoms with van der Waals surface area (Å²) in [5, 5.41) is 7.01. The molecule has 0 spiro atoms. The van der Waals surface area contributed by atoms with Gasteiger partial charge in [0.15, 0.2) is 0 Å². The smallest absolute Gasteiger partial charge is 0.0386 e. The van der Waals surface area contributed by atoms with E-state index < -0.39 is 0 Å². The highest BCUT2D eigenvalue weighted by Gasteiger charge is 2.11. The van der Waals surface area contributed by atoms with Gasteiger partial charge in [-0.05, 0) is 43.5 Å². The van der Waals surface area contributed by atoms with E-state index >= 15 is 0 Å². The fourth-order valence-electron chi connectivity index (χ4n) is 2.09. The second-order valence-corrected chi connectivity index (χ2v) is 4.24. The Bertz CT molecular complexity index is 309. The van der Waals surface area contributed by atoms with E-state index in [2.05, 4.69) is 41.8 Å². The minimum absolute atomic E-state index is 0. The lowest BCUT2D eigenvalue weighted by molar-refractivity contribution is 0.480. The maximum absolute atomic E-state index is 3.59. The molecule has 90 valence electrons. The van der Waals surface area contributed by atoms with Crippen LogP contribution in [0.4, 0.5) is 5.69 Å². The molecule has 1 unspecified atom stereocenters. The van der Waals surface area contributed by atoms with Gasteiger partial charge >= 0.3 is 0 Å². The van der Waals surface area contributed by atoms with Crippen LogP contribution in [0.2, 0.25) is 0 Å². The van der Waals surface area contributed by atoms with Gasteiger partial charge in [0, 0.05) is 18.3 Å². The number of piperidine rings is 1. The van der Waals surface area contributed by atoms with Crippen LogP contribution in [-0.2, 0) is 6.42 Å². The second kappa shape index (κ2) is 6.77. The van der Waals surface area contributed by atoms with Gasteiger partial charge in [-0.3, -0.25) is 0 Å². The van der Waals surface area contributed by atoms with E-state index in [1.165, 1.54) is 30.6 Å². The van der Waals surface area contributed by atoms with Crippen molar-refractivity contribution in [1.82, 2.24) is 5.32 Å². The molecule has 2 nitrogen and oxygen atoms in total. The molecular formula is C13H21ClN2. The fourth-order valence-corrected chi connectivity index (χ4v) is 2.09. The molecule has 1 aromatic rings. The number of benzene rings is 1. The Balaban J connectivity index is 0.00000128. The first-order chi connectivity index (χ1) is 7.38. The molecule has 0 aliphatic carbocycles. The predicted octanol–water partition coefficient (Wildman–Crippen LogP) is 2.83. The van der Waals surface area contributed by atoms with Crippen LogP contribution in [0.5, 0.6) is 0 Å². The summed E-state index contributed by atoms with van der Waals surface area (Å²) in [4.78, 5) is 0. The van der Waals surface area contributed by atoms with Gasteiger partial charge in [-0.2, -0.15) is 0 Å². The molecule has 1 saturated heterocycles. The van der Waals surface area contributed by atoms with Gasteiger partial charge in [-0.25, -0.2) is 0 Å². The van der Waals surface area contributed by atoms with E-state index in [9.17, 15) is 0 Å². The fraction of sp³-hybridized carbons (Fsp3) is 0.538. The molecule has 1 aliphatic heterocycles. The molecule has 1 fully saturated rings. The number of hydrogen-bond donors (Lipinski definition) is 2. The maximum atomic E-state index is 3.59. The van der Waals surface area contributed by atoms with Crippen molar-refractivity contribution in [2.45, 2.75) is 32.2 Å². The highest BCUT2D eigenvalue weighted by atomic mass is 35.5. The number of aryl methyl sites for hydroxylation is 1. The number of hydrogen-bond acceptors (Lipinski definition) is 2. The molecule has 0 amide bonds. The van der Waals surface area contributed by atoms with Gasteiger partial charge in [0.05, 0.1) is 0 Å². The van der Waals surface area contributed by atoms with Gasteiger partial charge in [0.25, 0.3) is 0 Å². The minimum atomic E-state index is 0. The van der Waals surface area contributed by atoms with Gasteiger partial charge in [-0.15, -0.1) is 12.4 Å². The second-order valence-electron chi connectivity index (χ2n) is 4.24. The molecule has 1 aromatic carbocycles. The molecule has 2 N–H and O–H groups in total. The van der Waals surface area contributed by atoms with Crippen molar-refractivity contribution in [2.75, 3.05) is 18.4 Å². The Morgan fingerprint density at radius 3 is 3.00 bits per heavy atom. The van der Waals surface area contributed by atoms with E-state index in [1.807, 2.05) is 0 Å². The van der Waals surface area contributed by atoms with Crippen molar-refractivity contribution in [2.24, 2.45) is 0 Å². The molecule has 1 aliphatic rings. The quantitative estimate of drug-likeness (QED) is 0.849. The average molecular weight is 241 g/mol. The lowest BCUT2D eigenvalue weighted by atomic mass is 10.1. The molecule has 1 atom stereocenters. The Labute approximate surface area is 104 Å². The van der Waals surface area contributed by atoms with Crippen LogP contribution >= 0.6 is 12.4 Å². The Kier molecular flexibility index (Phi) is 5.64. The number of nitrogens with one attached hydrogen (secondary N) is 2. The van der Waals surface area contributed by atoms with E-state index in [0.717, 1.165) is 13.0 Å². The average Bonchev–Trinajstić information content (AvgIpc) is 2.31. The Morgan fingerprint density at radius 1 is 1.44 bits per heavy atom. The van der Waals surface area contributed by atoms with E-state index in [-0.39, 0.29) is 12.4 Å². The monoisotopic (exact) mass is 240 g/mol. The summed E-state index contributed by atoms with van der Waals surface area (Å²) in [7, 11) is 0. The summed E-state index contributed by atoms with van der Waals surface area (Å²) in [6.45, 7) is 4.46. The van der Waals surface area contributed by atoms with Crippen LogP contribution < -0.4 is 10.6 Å². The van der Waals surface area contributed by atoms with Crippen molar-refractivity contribution < 1.29 is 0 Å². The largest absolute Gasteiger partial charge is 0.381 e. The maximum Gasteiger partial charge on any atom is 0.0386 e. The highest BCUT2D eigenvalue weighted by Crippen LogP contribution is 2.14. The molecular weight excluding hydrogens is 220 g/mol. The van der Waals surface area contributed by atoms with E-state index in [4.69, 9.17) is 0 Å². The first-order valence-electron chi connectivity index (χ1n) is 5.94. The summed E-state index contributed by atoms with van der Waals surface area (Å²) in [6.07, 6.45) is 3.67. The van der Waals surface area contributed by atoms with Crippen molar-refractivity contribution >= 4 is 18.1 Å². The summed E-state index contributed by atoms with van der Waals surface area (Å²) in [5.74, 6) is 0. The SMILES string of the molecule is CCc1cccc(NC2CCCNC2)c1.Cl. The van der Waals surface area contributed by atoms with E-state index in [0.29, 0.717) is 6.04 Å². The molecule has 0 saturated carbocycles. The van der Waals surface area contributed by atoms with Crippen molar-refractivity contribution in [3.8, 4) is 0 Å². The van der Waals surface area contributed by atoms with Crippen molar-refractivity contribution in [3.63, 3.8) is 0 Å². The lowest BCUT2D eigenvalue weighted by Gasteiger charge is -2.25. The summed E-state index contributed by atoms with van der Waals surface area (Å²) < 4.78 is 0. The van der Waals surface area contributed by atoms with E-state index in [1.54, 1.807) is 0 Å². The molecule has 16 heavy (non-hydrogen) atoms. The predicted molar refractivity (Wildman–Crippen MR) is 72.6 cm³/mol. The van der Waals surface area contributed by atoms with Gasteiger partial charge in [0.1, 0.15) is 0 Å². The van der Waals surface area contributed by atoms with Crippen molar-refractivity contribution in [1.29, 1.82) is 0 Å². The van der Waals surface area contributed by atoms with Crippen molar-refractivity contribution in [3.05, 3.63) is 29.8 Å². The summed E-state index contributed by atoms with van der Waals surface area (Å²) in [5.41, 5.74) is 2.67. The Hall–Kier alpha value is -0.730. The molecule has 0 radical (unpaired) electrons. The van der Waals surface area contributed by atoms with Crippen LogP contribution in [0.1, 0.15) is 25.3 Å². The van der Waals surface area contributed by atoms with Gasteiger partial charge in [0.2, 0.25) is 0 Å². The summed E-state index contributed by atoms with van der Waals surface area (Å²) in [6, 6.07) is 9.34. The van der Waals surface area contributed by atoms with Crippen LogP contribution in [0.25, 0.3) is 0 Å². The van der Waals surface area contributed by atoms with Crippen LogP contribution in [0.15, 0.2) is 24.3 Å². The Morgan fingerprint density at radius 2 is 2.31 bits per heavy atom. The zero-order valence-corrected chi connectivity index (χ0v) is 10.6. The number of rotatable bonds is 3. The van der Waals surface area contributed by atoms with Crippen LogP contribution in [0, 0.1) is 0 Å². The highest BCUT2D eigenvalue weighted by molar-refractivity contribution is 5.85. The molecule has 2 rings (SSSR count). The first-order valence-corrected chi connectivity index (χ1v) is 5.94. The topological polar surface area (TPSA) is 24.1 Å². The molecule has 0 bridgehead atoms.